The van der Waals surface area contributed by atoms with Gasteiger partial charge in [0.1, 0.15) is 4.90 Å². The third kappa shape index (κ3) is 4.69. The zero-order valence-electron chi connectivity index (χ0n) is 10.5. The minimum atomic E-state index is -3.85. The lowest BCUT2D eigenvalue weighted by atomic mass is 10.3. The van der Waals surface area contributed by atoms with Crippen molar-refractivity contribution in [1.82, 2.24) is 0 Å². The van der Waals surface area contributed by atoms with Crippen molar-refractivity contribution >= 4 is 31.2 Å². The van der Waals surface area contributed by atoms with Gasteiger partial charge in [-0.1, -0.05) is 6.92 Å². The van der Waals surface area contributed by atoms with E-state index in [0.717, 1.165) is 0 Å². The molecule has 0 atom stereocenters. The van der Waals surface area contributed by atoms with Gasteiger partial charge in [-0.2, -0.15) is 0 Å². The van der Waals surface area contributed by atoms with Gasteiger partial charge in [-0.3, -0.25) is 0 Å². The van der Waals surface area contributed by atoms with E-state index in [9.17, 15) is 16.8 Å². The van der Waals surface area contributed by atoms with Crippen LogP contribution in [0.3, 0.4) is 0 Å². The van der Waals surface area contributed by atoms with Crippen LogP contribution in [-0.2, 0) is 19.9 Å². The van der Waals surface area contributed by atoms with E-state index < -0.39 is 19.9 Å². The molecule has 0 aromatic heterocycles. The number of anilines is 2. The fourth-order valence-electron chi connectivity index (χ4n) is 1.41. The number of sulfone groups is 1. The zero-order chi connectivity index (χ0) is 14.7. The monoisotopic (exact) mass is 307 g/mol. The van der Waals surface area contributed by atoms with Gasteiger partial charge in [0.2, 0.25) is 10.0 Å². The summed E-state index contributed by atoms with van der Waals surface area (Å²) in [6.07, 6.45) is 0. The van der Waals surface area contributed by atoms with Crippen LogP contribution in [0.15, 0.2) is 23.1 Å². The minimum absolute atomic E-state index is 0.000341. The fourth-order valence-corrected chi connectivity index (χ4v) is 2.76. The molecule has 0 aliphatic rings. The number of hydrogen-bond donors (Lipinski definition) is 3. The van der Waals surface area contributed by atoms with Gasteiger partial charge in [-0.15, -0.1) is 0 Å². The van der Waals surface area contributed by atoms with Crippen LogP contribution in [0.4, 0.5) is 11.4 Å². The molecule has 0 saturated carbocycles. The summed E-state index contributed by atoms with van der Waals surface area (Å²) in [6.45, 7) is 1.80. The number of nitrogens with two attached hydrogens (primary N) is 2. The molecule has 1 aromatic carbocycles. The normalized spacial score (nSPS) is 12.3. The second-order valence-corrected chi connectivity index (χ2v) is 7.96. The van der Waals surface area contributed by atoms with Crippen molar-refractivity contribution < 1.29 is 16.8 Å². The highest BCUT2D eigenvalue weighted by Gasteiger charge is 2.12. The van der Waals surface area contributed by atoms with Gasteiger partial charge in [0.25, 0.3) is 0 Å². The van der Waals surface area contributed by atoms with E-state index in [2.05, 4.69) is 5.32 Å². The molecule has 0 saturated heterocycles. The number of primary sulfonamides is 1. The predicted molar refractivity (Wildman–Crippen MR) is 75.0 cm³/mol. The summed E-state index contributed by atoms with van der Waals surface area (Å²) in [5, 5.41) is 7.84. The van der Waals surface area contributed by atoms with Crippen molar-refractivity contribution in [3.05, 3.63) is 18.2 Å². The first-order valence-corrected chi connectivity index (χ1v) is 8.89. The maximum atomic E-state index is 11.3. The van der Waals surface area contributed by atoms with Crippen LogP contribution < -0.4 is 16.2 Å². The molecule has 19 heavy (non-hydrogen) atoms. The van der Waals surface area contributed by atoms with Crippen molar-refractivity contribution in [1.29, 1.82) is 0 Å². The summed E-state index contributed by atoms with van der Waals surface area (Å²) in [5.41, 5.74) is 6.13. The van der Waals surface area contributed by atoms with Crippen LogP contribution in [0.2, 0.25) is 0 Å². The SMILES string of the molecule is CCS(=O)(=O)CCNc1ccc(S(N)(=O)=O)c(N)c1. The number of sulfonamides is 1. The van der Waals surface area contributed by atoms with Crippen LogP contribution in [0.25, 0.3) is 0 Å². The predicted octanol–water partition coefficient (Wildman–Crippen LogP) is -0.237. The summed E-state index contributed by atoms with van der Waals surface area (Å²) in [4.78, 5) is -0.153. The third-order valence-electron chi connectivity index (χ3n) is 2.50. The van der Waals surface area contributed by atoms with Crippen molar-refractivity contribution in [3.8, 4) is 0 Å². The molecule has 0 spiro atoms. The van der Waals surface area contributed by atoms with Gasteiger partial charge < -0.3 is 11.1 Å². The molecular weight excluding hydrogens is 290 g/mol. The van der Waals surface area contributed by atoms with Gasteiger partial charge in [-0.05, 0) is 18.2 Å². The van der Waals surface area contributed by atoms with Crippen molar-refractivity contribution in [2.24, 2.45) is 5.14 Å². The molecule has 0 amide bonds. The van der Waals surface area contributed by atoms with Crippen molar-refractivity contribution in [2.45, 2.75) is 11.8 Å². The van der Waals surface area contributed by atoms with E-state index in [4.69, 9.17) is 10.9 Å². The number of hydrogen-bond acceptors (Lipinski definition) is 6. The molecule has 1 aromatic rings. The summed E-state index contributed by atoms with van der Waals surface area (Å²) in [6, 6.07) is 4.16. The van der Waals surface area contributed by atoms with Gasteiger partial charge in [-0.25, -0.2) is 22.0 Å². The van der Waals surface area contributed by atoms with Crippen LogP contribution in [0.1, 0.15) is 6.92 Å². The van der Waals surface area contributed by atoms with E-state index in [0.29, 0.717) is 5.69 Å². The Bertz CT molecular complexity index is 653. The van der Waals surface area contributed by atoms with Crippen LogP contribution in [-0.4, -0.2) is 34.9 Å². The number of nitrogen functional groups attached to an aromatic ring is 1. The van der Waals surface area contributed by atoms with E-state index in [1.807, 2.05) is 0 Å². The van der Waals surface area contributed by atoms with E-state index in [1.54, 1.807) is 6.92 Å². The molecule has 0 heterocycles. The number of rotatable bonds is 6. The average molecular weight is 307 g/mol. The lowest BCUT2D eigenvalue weighted by Gasteiger charge is -2.09. The lowest BCUT2D eigenvalue weighted by Crippen LogP contribution is -2.18. The largest absolute Gasteiger partial charge is 0.398 e. The van der Waals surface area contributed by atoms with Crippen LogP contribution in [0.5, 0.6) is 0 Å². The Hall–Kier alpha value is -1.32. The summed E-state index contributed by atoms with van der Waals surface area (Å²) in [5.74, 6) is 0.0848. The molecule has 0 bridgehead atoms. The number of nitrogens with one attached hydrogen (secondary N) is 1. The van der Waals surface area contributed by atoms with E-state index in [-0.39, 0.29) is 28.6 Å². The quantitative estimate of drug-likeness (QED) is 0.621. The molecule has 0 fully saturated rings. The summed E-state index contributed by atoms with van der Waals surface area (Å²) in [7, 11) is -6.89. The first kappa shape index (κ1) is 15.7. The molecule has 0 aliphatic heterocycles. The summed E-state index contributed by atoms with van der Waals surface area (Å²) >= 11 is 0. The smallest absolute Gasteiger partial charge is 0.240 e. The Labute approximate surface area is 113 Å². The Balaban J connectivity index is 2.76. The Kier molecular flexibility index (Phi) is 4.77. The van der Waals surface area contributed by atoms with Crippen molar-refractivity contribution in [2.75, 3.05) is 29.1 Å². The van der Waals surface area contributed by atoms with Gasteiger partial charge >= 0.3 is 0 Å². The van der Waals surface area contributed by atoms with Gasteiger partial charge in [0.05, 0.1) is 11.4 Å². The second kappa shape index (κ2) is 5.76. The van der Waals surface area contributed by atoms with E-state index in [1.165, 1.54) is 18.2 Å². The van der Waals surface area contributed by atoms with Crippen molar-refractivity contribution in [3.63, 3.8) is 0 Å². The Morgan fingerprint density at radius 1 is 1.21 bits per heavy atom. The first-order chi connectivity index (χ1) is 8.65. The minimum Gasteiger partial charge on any atom is -0.398 e. The molecule has 5 N–H and O–H groups in total. The molecule has 108 valence electrons. The fraction of sp³-hybridized carbons (Fsp3) is 0.400. The molecule has 0 radical (unpaired) electrons. The molecule has 0 unspecified atom stereocenters. The number of benzene rings is 1. The topological polar surface area (TPSA) is 132 Å². The van der Waals surface area contributed by atoms with Gasteiger partial charge in [0.15, 0.2) is 9.84 Å². The van der Waals surface area contributed by atoms with Gasteiger partial charge in [0, 0.05) is 18.0 Å². The second-order valence-electron chi connectivity index (χ2n) is 3.96. The molecule has 7 nitrogen and oxygen atoms in total. The molecular formula is C10H17N3O4S2. The zero-order valence-corrected chi connectivity index (χ0v) is 12.1. The molecule has 0 aliphatic carbocycles. The lowest BCUT2D eigenvalue weighted by molar-refractivity contribution is 0.596. The Morgan fingerprint density at radius 2 is 1.84 bits per heavy atom. The molecule has 1 rings (SSSR count). The highest BCUT2D eigenvalue weighted by molar-refractivity contribution is 7.91. The van der Waals surface area contributed by atoms with Crippen LogP contribution in [0, 0.1) is 0 Å². The highest BCUT2D eigenvalue weighted by Crippen LogP contribution is 2.21. The van der Waals surface area contributed by atoms with E-state index >= 15 is 0 Å². The first-order valence-electron chi connectivity index (χ1n) is 5.52. The average Bonchev–Trinajstić information content (AvgIpc) is 2.27. The molecule has 9 heteroatoms. The third-order valence-corrected chi connectivity index (χ3v) is 5.19. The summed E-state index contributed by atoms with van der Waals surface area (Å²) < 4.78 is 44.9. The highest BCUT2D eigenvalue weighted by atomic mass is 32.2. The standard InChI is InChI=1S/C10H17N3O4S2/c1-2-18(14,15)6-5-13-8-3-4-10(9(11)7-8)19(12,16)17/h3-4,7,13H,2,5-6,11H2,1H3,(H2,12,16,17). The maximum absolute atomic E-state index is 11.3. The maximum Gasteiger partial charge on any atom is 0.240 e. The Morgan fingerprint density at radius 3 is 2.32 bits per heavy atom. The van der Waals surface area contributed by atoms with Crippen LogP contribution >= 0.6 is 0 Å².